The maximum atomic E-state index is 10.1. The Morgan fingerprint density at radius 2 is 1.95 bits per heavy atom. The van der Waals surface area contributed by atoms with Crippen LogP contribution in [0.25, 0.3) is 11.3 Å². The molecule has 1 N–H and O–H groups in total. The lowest BCUT2D eigenvalue weighted by Crippen LogP contribution is -2.06. The minimum Gasteiger partial charge on any atom is -0.492 e. The van der Waals surface area contributed by atoms with Crippen LogP contribution in [0, 0.1) is 6.92 Å². The minimum absolute atomic E-state index is 0.175. The number of rotatable bonds is 4. The first-order chi connectivity index (χ1) is 9.06. The molecule has 0 radical (unpaired) electrons. The van der Waals surface area contributed by atoms with Gasteiger partial charge in [0.15, 0.2) is 0 Å². The summed E-state index contributed by atoms with van der Waals surface area (Å²) in [7, 11) is 0. The Kier molecular flexibility index (Phi) is 3.93. The number of aryl methyl sites for hydroxylation is 1. The lowest BCUT2D eigenvalue weighted by Gasteiger charge is -2.14. The van der Waals surface area contributed by atoms with Crippen molar-refractivity contribution in [3.8, 4) is 17.1 Å². The second-order valence-corrected chi connectivity index (χ2v) is 5.25. The average Bonchev–Trinajstić information content (AvgIpc) is 2.69. The van der Waals surface area contributed by atoms with Gasteiger partial charge in [-0.15, -0.1) is 5.10 Å². The first kappa shape index (κ1) is 13.7. The Balaban J connectivity index is 2.69. The molecule has 0 aliphatic rings. The van der Waals surface area contributed by atoms with E-state index in [1.807, 2.05) is 16.8 Å². The summed E-state index contributed by atoms with van der Waals surface area (Å²) >= 11 is 0. The van der Waals surface area contributed by atoms with Crippen LogP contribution in [0.2, 0.25) is 0 Å². The molecule has 0 saturated carbocycles. The number of aromatic nitrogens is 2. The Morgan fingerprint density at radius 1 is 1.26 bits per heavy atom. The lowest BCUT2D eigenvalue weighted by molar-refractivity contribution is 0.423. The molecular weight excluding hydrogens is 236 g/mol. The minimum atomic E-state index is 0.175. The van der Waals surface area contributed by atoms with Crippen LogP contribution in [0.15, 0.2) is 24.3 Å². The van der Waals surface area contributed by atoms with Gasteiger partial charge in [-0.25, -0.2) is 0 Å². The molecule has 3 heteroatoms. The average molecular weight is 258 g/mol. The van der Waals surface area contributed by atoms with Crippen molar-refractivity contribution < 1.29 is 5.11 Å². The van der Waals surface area contributed by atoms with E-state index in [4.69, 9.17) is 0 Å². The highest BCUT2D eigenvalue weighted by Crippen LogP contribution is 2.34. The molecule has 0 saturated heterocycles. The van der Waals surface area contributed by atoms with Gasteiger partial charge in [0.25, 0.3) is 0 Å². The third-order valence-electron chi connectivity index (χ3n) is 3.38. The van der Waals surface area contributed by atoms with Crippen LogP contribution in [0.3, 0.4) is 0 Å². The Hall–Kier alpha value is -1.77. The predicted molar refractivity (Wildman–Crippen MR) is 78.4 cm³/mol. The quantitative estimate of drug-likeness (QED) is 0.896. The molecule has 0 atom stereocenters. The van der Waals surface area contributed by atoms with E-state index in [0.29, 0.717) is 0 Å². The molecule has 2 rings (SSSR count). The number of hydrogen-bond acceptors (Lipinski definition) is 2. The van der Waals surface area contributed by atoms with E-state index < -0.39 is 0 Å². The molecule has 2 aromatic rings. The summed E-state index contributed by atoms with van der Waals surface area (Å²) in [5.74, 6) is 0.175. The van der Waals surface area contributed by atoms with Crippen LogP contribution in [0.5, 0.6) is 5.88 Å². The highest BCUT2D eigenvalue weighted by molar-refractivity contribution is 5.69. The van der Waals surface area contributed by atoms with Gasteiger partial charge in [0.1, 0.15) is 0 Å². The van der Waals surface area contributed by atoms with Gasteiger partial charge in [-0.2, -0.15) is 0 Å². The van der Waals surface area contributed by atoms with Gasteiger partial charge in [0.2, 0.25) is 5.88 Å². The SMILES string of the molecule is CCCc1c(O)nn(C(C)C)c1-c1ccccc1C. The van der Waals surface area contributed by atoms with Gasteiger partial charge >= 0.3 is 0 Å². The summed E-state index contributed by atoms with van der Waals surface area (Å²) in [6.07, 6.45) is 1.85. The van der Waals surface area contributed by atoms with Crippen LogP contribution < -0.4 is 0 Å². The number of benzene rings is 1. The molecule has 1 aromatic heterocycles. The Labute approximate surface area is 114 Å². The maximum absolute atomic E-state index is 10.1. The van der Waals surface area contributed by atoms with Crippen LogP contribution in [-0.2, 0) is 6.42 Å². The molecule has 1 aromatic carbocycles. The largest absolute Gasteiger partial charge is 0.492 e. The van der Waals surface area contributed by atoms with Crippen molar-refractivity contribution in [1.82, 2.24) is 9.78 Å². The maximum Gasteiger partial charge on any atom is 0.234 e. The van der Waals surface area contributed by atoms with Crippen molar-refractivity contribution in [2.75, 3.05) is 0 Å². The predicted octanol–water partition coefficient (Wildman–Crippen LogP) is 4.10. The molecule has 0 amide bonds. The topological polar surface area (TPSA) is 38.1 Å². The van der Waals surface area contributed by atoms with Crippen LogP contribution in [-0.4, -0.2) is 14.9 Å². The molecule has 0 fully saturated rings. The number of aromatic hydroxyl groups is 1. The standard InChI is InChI=1S/C16H22N2O/c1-5-8-14-15(13-10-7-6-9-12(13)4)18(11(2)3)17-16(14)19/h6-7,9-11H,5,8H2,1-4H3,(H,17,19). The smallest absolute Gasteiger partial charge is 0.234 e. The molecule has 3 nitrogen and oxygen atoms in total. The second-order valence-electron chi connectivity index (χ2n) is 5.25. The van der Waals surface area contributed by atoms with Crippen LogP contribution in [0.1, 0.15) is 44.4 Å². The molecule has 0 aliphatic heterocycles. The van der Waals surface area contributed by atoms with E-state index >= 15 is 0 Å². The third-order valence-corrected chi connectivity index (χ3v) is 3.38. The van der Waals surface area contributed by atoms with Crippen molar-refractivity contribution in [2.24, 2.45) is 0 Å². The van der Waals surface area contributed by atoms with Gasteiger partial charge in [0, 0.05) is 17.2 Å². The highest BCUT2D eigenvalue weighted by Gasteiger charge is 2.20. The van der Waals surface area contributed by atoms with Gasteiger partial charge < -0.3 is 5.11 Å². The van der Waals surface area contributed by atoms with Gasteiger partial charge in [-0.1, -0.05) is 37.6 Å². The van der Waals surface area contributed by atoms with E-state index in [9.17, 15) is 5.11 Å². The first-order valence-electron chi connectivity index (χ1n) is 6.92. The molecule has 0 aliphatic carbocycles. The van der Waals surface area contributed by atoms with Crippen molar-refractivity contribution >= 4 is 0 Å². The van der Waals surface area contributed by atoms with E-state index in [2.05, 4.69) is 44.9 Å². The molecule has 102 valence electrons. The van der Waals surface area contributed by atoms with Gasteiger partial charge in [-0.3, -0.25) is 4.68 Å². The molecule has 19 heavy (non-hydrogen) atoms. The monoisotopic (exact) mass is 258 g/mol. The highest BCUT2D eigenvalue weighted by atomic mass is 16.3. The number of hydrogen-bond donors (Lipinski definition) is 1. The molecule has 1 heterocycles. The zero-order valence-corrected chi connectivity index (χ0v) is 12.1. The Morgan fingerprint density at radius 3 is 2.53 bits per heavy atom. The fraction of sp³-hybridized carbons (Fsp3) is 0.438. The molecular formula is C16H22N2O. The first-order valence-corrected chi connectivity index (χ1v) is 6.92. The summed E-state index contributed by atoms with van der Waals surface area (Å²) in [5, 5.41) is 14.4. The fourth-order valence-electron chi connectivity index (χ4n) is 2.44. The summed E-state index contributed by atoms with van der Waals surface area (Å²) in [4.78, 5) is 0. The summed E-state index contributed by atoms with van der Waals surface area (Å²) in [6.45, 7) is 8.39. The summed E-state index contributed by atoms with van der Waals surface area (Å²) in [5.41, 5.74) is 4.40. The molecule has 0 unspecified atom stereocenters. The van der Waals surface area contributed by atoms with Crippen molar-refractivity contribution in [2.45, 2.75) is 46.6 Å². The second kappa shape index (κ2) is 5.47. The van der Waals surface area contributed by atoms with Gasteiger partial charge in [0.05, 0.1) is 5.69 Å². The summed E-state index contributed by atoms with van der Waals surface area (Å²) in [6, 6.07) is 8.50. The van der Waals surface area contributed by atoms with E-state index in [-0.39, 0.29) is 11.9 Å². The van der Waals surface area contributed by atoms with Gasteiger partial charge in [-0.05, 0) is 32.8 Å². The van der Waals surface area contributed by atoms with E-state index in [0.717, 1.165) is 29.7 Å². The van der Waals surface area contributed by atoms with Crippen molar-refractivity contribution in [1.29, 1.82) is 0 Å². The van der Waals surface area contributed by atoms with Crippen molar-refractivity contribution in [3.63, 3.8) is 0 Å². The van der Waals surface area contributed by atoms with Crippen molar-refractivity contribution in [3.05, 3.63) is 35.4 Å². The zero-order chi connectivity index (χ0) is 14.0. The normalized spacial score (nSPS) is 11.2. The lowest BCUT2D eigenvalue weighted by atomic mass is 10.00. The molecule has 0 spiro atoms. The van der Waals surface area contributed by atoms with E-state index in [1.54, 1.807) is 0 Å². The number of nitrogens with zero attached hydrogens (tertiary/aromatic N) is 2. The zero-order valence-electron chi connectivity index (χ0n) is 12.1. The Bertz CT molecular complexity index is 570. The summed E-state index contributed by atoms with van der Waals surface area (Å²) < 4.78 is 1.93. The molecule has 0 bridgehead atoms. The third kappa shape index (κ3) is 2.50. The van der Waals surface area contributed by atoms with Crippen LogP contribution in [0.4, 0.5) is 0 Å². The van der Waals surface area contributed by atoms with E-state index in [1.165, 1.54) is 5.56 Å². The fourth-order valence-corrected chi connectivity index (χ4v) is 2.44. The van der Waals surface area contributed by atoms with Crippen LogP contribution >= 0.6 is 0 Å².